The lowest BCUT2D eigenvalue weighted by atomic mass is 9.83. The molecule has 2 aromatic rings. The molecule has 0 amide bonds. The van der Waals surface area contributed by atoms with Crippen molar-refractivity contribution in [3.63, 3.8) is 0 Å². The molecule has 0 saturated carbocycles. The molecular weight excluding hydrogens is 550 g/mol. The Bertz CT molecular complexity index is 1050. The van der Waals surface area contributed by atoms with Crippen molar-refractivity contribution in [2.24, 2.45) is 0 Å². The van der Waals surface area contributed by atoms with E-state index in [1.165, 1.54) is 6.07 Å². The van der Waals surface area contributed by atoms with Crippen molar-refractivity contribution in [3.05, 3.63) is 78.3 Å². The summed E-state index contributed by atoms with van der Waals surface area (Å²) in [5.74, 6) is 0.696. The van der Waals surface area contributed by atoms with Gasteiger partial charge in [0.15, 0.2) is 3.77 Å². The Hall–Kier alpha value is -1.75. The number of carbonyl (C=O) groups excluding carboxylic acids is 1. The van der Waals surface area contributed by atoms with Gasteiger partial charge in [-0.1, -0.05) is 18.2 Å². The number of ether oxygens (including phenoxy) is 2. The first-order valence-electron chi connectivity index (χ1n) is 7.38. The number of allylic oxidation sites excluding steroid dienone is 1. The highest BCUT2D eigenvalue weighted by Crippen LogP contribution is 2.60. The average Bonchev–Trinajstić information content (AvgIpc) is 2.88. The van der Waals surface area contributed by atoms with Crippen molar-refractivity contribution in [3.8, 4) is 11.5 Å². The van der Waals surface area contributed by atoms with Crippen molar-refractivity contribution >= 4 is 39.2 Å². The Labute approximate surface area is 158 Å². The molecule has 0 radical (unpaired) electrons. The average molecular weight is 560 g/mol. The summed E-state index contributed by atoms with van der Waals surface area (Å²) in [5.41, 5.74) is 1.08. The van der Waals surface area contributed by atoms with Gasteiger partial charge in [-0.2, -0.15) is 0 Å². The van der Waals surface area contributed by atoms with E-state index in [0.717, 1.165) is 14.7 Å². The SMILES string of the molecule is O=C1OC2(C3=C(C=C(O)I=I3)Oc3cc(O)ccc32)c2ccccc21. The molecule has 3 aliphatic rings. The number of esters is 1. The van der Waals surface area contributed by atoms with E-state index in [-0.39, 0.29) is 11.7 Å². The molecule has 7 heteroatoms. The molecule has 2 aromatic carbocycles. The number of aliphatic hydroxyl groups is 1. The monoisotopic (exact) mass is 560 g/mol. The van der Waals surface area contributed by atoms with Crippen molar-refractivity contribution < 1.29 is 24.5 Å². The van der Waals surface area contributed by atoms with E-state index >= 15 is 0 Å². The number of hydrogen-bond donors (Lipinski definition) is 2. The Balaban J connectivity index is 1.90. The molecule has 25 heavy (non-hydrogen) atoms. The van der Waals surface area contributed by atoms with Gasteiger partial charge in [-0.3, -0.25) is 0 Å². The van der Waals surface area contributed by atoms with Crippen LogP contribution in [-0.4, -0.2) is 16.2 Å². The molecular formula is C18H10I2O5. The lowest BCUT2D eigenvalue weighted by Gasteiger charge is -2.36. The van der Waals surface area contributed by atoms with E-state index in [2.05, 4.69) is 0 Å². The topological polar surface area (TPSA) is 76.0 Å². The zero-order chi connectivity index (χ0) is 17.2. The Morgan fingerprint density at radius 1 is 1.00 bits per heavy atom. The molecule has 5 nitrogen and oxygen atoms in total. The lowest BCUT2D eigenvalue weighted by molar-refractivity contribution is 0.0241. The lowest BCUT2D eigenvalue weighted by Crippen LogP contribution is -2.33. The molecule has 1 spiro atoms. The zero-order valence-electron chi connectivity index (χ0n) is 12.5. The second-order valence-corrected chi connectivity index (χ2v) is 14.2. The minimum atomic E-state index is -1.01. The van der Waals surface area contributed by atoms with Gasteiger partial charge < -0.3 is 19.7 Å². The van der Waals surface area contributed by atoms with Crippen molar-refractivity contribution in [2.75, 3.05) is 0 Å². The Kier molecular flexibility index (Phi) is 3.33. The van der Waals surface area contributed by atoms with Gasteiger partial charge in [0.1, 0.15) is 17.3 Å². The third kappa shape index (κ3) is 2.08. The second-order valence-electron chi connectivity index (χ2n) is 5.69. The van der Waals surface area contributed by atoms with Gasteiger partial charge in [0.25, 0.3) is 0 Å². The third-order valence-electron chi connectivity index (χ3n) is 4.29. The number of halogens is 2. The first-order valence-corrected chi connectivity index (χ1v) is 15.8. The van der Waals surface area contributed by atoms with Crippen LogP contribution in [0.25, 0.3) is 0 Å². The van der Waals surface area contributed by atoms with Gasteiger partial charge in [-0.25, -0.2) is 4.79 Å². The van der Waals surface area contributed by atoms with E-state index in [1.54, 1.807) is 24.3 Å². The van der Waals surface area contributed by atoms with E-state index in [0.29, 0.717) is 20.8 Å². The summed E-state index contributed by atoms with van der Waals surface area (Å²) in [6, 6.07) is 12.2. The maximum atomic E-state index is 12.6. The molecule has 3 heterocycles. The predicted molar refractivity (Wildman–Crippen MR) is 107 cm³/mol. The summed E-state index contributed by atoms with van der Waals surface area (Å²) in [7, 11) is 0. The highest BCUT2D eigenvalue weighted by atomic mass is 128. The molecule has 0 fully saturated rings. The van der Waals surface area contributed by atoms with Crippen LogP contribution in [0, 0.1) is 0 Å². The molecule has 3 aliphatic heterocycles. The number of fused-ring (bicyclic) bond motifs is 5. The van der Waals surface area contributed by atoms with Gasteiger partial charge in [0.05, 0.1) is 9.14 Å². The van der Waals surface area contributed by atoms with Crippen LogP contribution in [0.5, 0.6) is 11.5 Å². The van der Waals surface area contributed by atoms with Gasteiger partial charge in [0.2, 0.25) is 5.60 Å². The molecule has 0 aromatic heterocycles. The number of aliphatic hydroxyl groups excluding tert-OH is 1. The molecule has 126 valence electrons. The number of hydrogen-bond acceptors (Lipinski definition) is 5. The fraction of sp³-hybridized carbons (Fsp3) is 0.0556. The first kappa shape index (κ1) is 15.5. The number of phenols is 1. The van der Waals surface area contributed by atoms with Gasteiger partial charge in [-0.05, 0) is 51.4 Å². The zero-order valence-corrected chi connectivity index (χ0v) is 16.8. The van der Waals surface area contributed by atoms with Crippen LogP contribution in [0.1, 0.15) is 21.5 Å². The molecule has 1 atom stereocenters. The molecule has 0 saturated heterocycles. The summed E-state index contributed by atoms with van der Waals surface area (Å²) < 4.78 is 13.3. The van der Waals surface area contributed by atoms with Crippen molar-refractivity contribution in [2.45, 2.75) is 5.60 Å². The fourth-order valence-electron chi connectivity index (χ4n) is 3.30. The van der Waals surface area contributed by atoms with Gasteiger partial charge in [-0.15, -0.1) is 0 Å². The summed E-state index contributed by atoms with van der Waals surface area (Å²) in [6.07, 6.45) is 1.63. The van der Waals surface area contributed by atoms with Crippen LogP contribution < -0.4 is 4.74 Å². The maximum absolute atomic E-state index is 12.6. The maximum Gasteiger partial charge on any atom is 0.340 e. The van der Waals surface area contributed by atoms with Crippen LogP contribution in [-0.2, 0) is 10.3 Å². The van der Waals surface area contributed by atoms with Crippen molar-refractivity contribution in [1.29, 1.82) is 0 Å². The number of carbonyl (C=O) groups is 1. The number of rotatable bonds is 0. The predicted octanol–water partition coefficient (Wildman–Crippen LogP) is 4.68. The Morgan fingerprint density at radius 3 is 2.72 bits per heavy atom. The van der Waals surface area contributed by atoms with Crippen LogP contribution in [0.2, 0.25) is 0 Å². The summed E-state index contributed by atoms with van der Waals surface area (Å²) in [6.45, 7) is 0. The van der Waals surface area contributed by atoms with Crippen LogP contribution >= 0.6 is 33.2 Å². The summed E-state index contributed by atoms with van der Waals surface area (Å²) >= 11 is -1.01. The number of phenolic OH excluding ortho intramolecular Hbond substituents is 1. The highest BCUT2D eigenvalue weighted by molar-refractivity contribution is 14.8. The quantitative estimate of drug-likeness (QED) is 0.362. The largest absolute Gasteiger partial charge is 0.508 e. The normalized spacial score (nSPS) is 23.4. The van der Waals surface area contributed by atoms with Crippen LogP contribution in [0.15, 0.2) is 61.6 Å². The fourth-order valence-corrected chi connectivity index (χ4v) is 12.4. The van der Waals surface area contributed by atoms with Crippen LogP contribution in [0.3, 0.4) is 0 Å². The van der Waals surface area contributed by atoms with Crippen LogP contribution in [0.4, 0.5) is 0 Å². The highest BCUT2D eigenvalue weighted by Gasteiger charge is 2.54. The van der Waals surface area contributed by atoms with Crippen molar-refractivity contribution in [1.82, 2.24) is 0 Å². The summed E-state index contributed by atoms with van der Waals surface area (Å²) in [4.78, 5) is 12.6. The molecule has 5 rings (SSSR count). The van der Waals surface area contributed by atoms with E-state index < -0.39 is 38.8 Å². The second kappa shape index (κ2) is 5.37. The minimum Gasteiger partial charge on any atom is -0.508 e. The Morgan fingerprint density at radius 2 is 1.84 bits per heavy atom. The van der Waals surface area contributed by atoms with Gasteiger partial charge >= 0.3 is 5.97 Å². The third-order valence-corrected chi connectivity index (χ3v) is 13.8. The smallest absolute Gasteiger partial charge is 0.340 e. The van der Waals surface area contributed by atoms with Gasteiger partial charge in [0, 0.05) is 23.3 Å². The molecule has 1 unspecified atom stereocenters. The van der Waals surface area contributed by atoms with E-state index in [4.69, 9.17) is 9.47 Å². The minimum absolute atomic E-state index is 0.0710. The molecule has 2 N–H and O–H groups in total. The van der Waals surface area contributed by atoms with E-state index in [9.17, 15) is 15.0 Å². The first-order chi connectivity index (χ1) is 12.1. The standard InChI is InChI=1S/C18H10I2O5/c21-9-5-6-12-13(7-9)24-14-8-15(22)19-20-16(14)18(12)11-4-2-1-3-10(11)17(23)25-18/h1-8,21-22H. The van der Waals surface area contributed by atoms with E-state index in [1.807, 2.05) is 18.2 Å². The number of benzene rings is 2. The number of aromatic hydroxyl groups is 1. The summed E-state index contributed by atoms with van der Waals surface area (Å²) in [5, 5.41) is 19.9. The molecule has 0 aliphatic carbocycles. The molecule has 0 bridgehead atoms.